The van der Waals surface area contributed by atoms with Crippen LogP contribution >= 0.6 is 0 Å². The molecule has 3 rings (SSSR count). The molecular formula is C22H20F6O3. The van der Waals surface area contributed by atoms with Crippen LogP contribution in [0.2, 0.25) is 0 Å². The second-order valence-electron chi connectivity index (χ2n) is 7.38. The van der Waals surface area contributed by atoms with Crippen LogP contribution in [-0.2, 0) is 27.9 Å². The van der Waals surface area contributed by atoms with Gasteiger partial charge in [0.1, 0.15) is 0 Å². The van der Waals surface area contributed by atoms with Crippen LogP contribution < -0.4 is 0 Å². The van der Waals surface area contributed by atoms with E-state index in [0.29, 0.717) is 30.5 Å². The molecule has 1 aliphatic carbocycles. The van der Waals surface area contributed by atoms with E-state index in [9.17, 15) is 31.1 Å². The molecule has 0 saturated carbocycles. The molecule has 1 atom stereocenters. The van der Waals surface area contributed by atoms with Crippen LogP contribution in [0.15, 0.2) is 42.5 Å². The summed E-state index contributed by atoms with van der Waals surface area (Å²) in [5, 5.41) is 0. The van der Waals surface area contributed by atoms with E-state index in [1.165, 1.54) is 26.4 Å². The fourth-order valence-corrected chi connectivity index (χ4v) is 3.94. The molecule has 0 radical (unpaired) electrons. The number of benzene rings is 2. The van der Waals surface area contributed by atoms with E-state index in [1.807, 2.05) is 0 Å². The van der Waals surface area contributed by atoms with Crippen molar-refractivity contribution in [2.75, 3.05) is 14.2 Å². The van der Waals surface area contributed by atoms with Crippen LogP contribution in [0.4, 0.5) is 26.3 Å². The number of methoxy groups -OCH3 is 2. The Morgan fingerprint density at radius 2 is 1.71 bits per heavy atom. The smallest absolute Gasteiger partial charge is 0.349 e. The van der Waals surface area contributed by atoms with Crippen molar-refractivity contribution in [3.8, 4) is 0 Å². The molecule has 0 heterocycles. The average molecular weight is 446 g/mol. The number of aryl methyl sites for hydroxylation is 1. The highest BCUT2D eigenvalue weighted by Gasteiger charge is 2.44. The van der Waals surface area contributed by atoms with Gasteiger partial charge < -0.3 is 9.47 Å². The molecule has 0 unspecified atom stereocenters. The summed E-state index contributed by atoms with van der Waals surface area (Å²) in [6, 6.07) is 7.46. The SMILES string of the molecule is COC1(OC)CCc2cc(C(=O)C[C@@H](c3cccc(C(F)(F)F)c3)C(F)(F)F)ccc21. The maximum atomic E-state index is 13.7. The molecule has 1 aliphatic rings. The van der Waals surface area contributed by atoms with E-state index >= 15 is 0 Å². The molecule has 31 heavy (non-hydrogen) atoms. The molecule has 9 heteroatoms. The first-order valence-corrected chi connectivity index (χ1v) is 9.42. The molecular weight excluding hydrogens is 426 g/mol. The number of carbonyl (C=O) groups is 1. The highest BCUT2D eigenvalue weighted by molar-refractivity contribution is 5.97. The highest BCUT2D eigenvalue weighted by Crippen LogP contribution is 2.42. The van der Waals surface area contributed by atoms with E-state index in [1.54, 1.807) is 6.07 Å². The summed E-state index contributed by atoms with van der Waals surface area (Å²) in [5.74, 6) is -4.13. The predicted molar refractivity (Wildman–Crippen MR) is 99.6 cm³/mol. The number of alkyl halides is 6. The summed E-state index contributed by atoms with van der Waals surface area (Å²) >= 11 is 0. The lowest BCUT2D eigenvalue weighted by Gasteiger charge is -2.27. The maximum Gasteiger partial charge on any atom is 0.416 e. The zero-order valence-corrected chi connectivity index (χ0v) is 16.7. The lowest BCUT2D eigenvalue weighted by atomic mass is 9.89. The first-order valence-electron chi connectivity index (χ1n) is 9.42. The van der Waals surface area contributed by atoms with Crippen molar-refractivity contribution in [3.63, 3.8) is 0 Å². The second-order valence-corrected chi connectivity index (χ2v) is 7.38. The molecule has 0 spiro atoms. The predicted octanol–water partition coefficient (Wildman–Crippen LogP) is 6.02. The van der Waals surface area contributed by atoms with Crippen molar-refractivity contribution < 1.29 is 40.6 Å². The van der Waals surface area contributed by atoms with E-state index in [0.717, 1.165) is 17.7 Å². The summed E-state index contributed by atoms with van der Waals surface area (Å²) in [6.45, 7) is 0. The van der Waals surface area contributed by atoms with Crippen molar-refractivity contribution in [2.24, 2.45) is 0 Å². The third-order valence-electron chi connectivity index (χ3n) is 5.62. The second kappa shape index (κ2) is 8.27. The molecule has 0 amide bonds. The Morgan fingerprint density at radius 1 is 1.03 bits per heavy atom. The number of hydrogen-bond donors (Lipinski definition) is 0. The minimum atomic E-state index is -4.89. The summed E-state index contributed by atoms with van der Waals surface area (Å²) < 4.78 is 90.6. The molecule has 0 aromatic heterocycles. The first kappa shape index (κ1) is 23.3. The van der Waals surface area contributed by atoms with Crippen molar-refractivity contribution in [1.82, 2.24) is 0 Å². The number of ether oxygens (including phenoxy) is 2. The average Bonchev–Trinajstić information content (AvgIpc) is 3.09. The van der Waals surface area contributed by atoms with Crippen LogP contribution in [0.25, 0.3) is 0 Å². The summed E-state index contributed by atoms with van der Waals surface area (Å²) in [7, 11) is 2.95. The summed E-state index contributed by atoms with van der Waals surface area (Å²) in [6.07, 6.45) is -9.68. The van der Waals surface area contributed by atoms with Gasteiger partial charge in [-0.05, 0) is 29.7 Å². The third-order valence-corrected chi connectivity index (χ3v) is 5.62. The molecule has 0 aliphatic heterocycles. The maximum absolute atomic E-state index is 13.7. The van der Waals surface area contributed by atoms with Crippen LogP contribution in [0, 0.1) is 0 Å². The van der Waals surface area contributed by atoms with Gasteiger partial charge in [-0.3, -0.25) is 4.79 Å². The monoisotopic (exact) mass is 446 g/mol. The largest absolute Gasteiger partial charge is 0.416 e. The zero-order valence-electron chi connectivity index (χ0n) is 16.7. The minimum Gasteiger partial charge on any atom is -0.349 e. The van der Waals surface area contributed by atoms with Gasteiger partial charge in [0, 0.05) is 38.2 Å². The number of halogens is 6. The topological polar surface area (TPSA) is 35.5 Å². The van der Waals surface area contributed by atoms with Gasteiger partial charge in [0.15, 0.2) is 11.6 Å². The highest BCUT2D eigenvalue weighted by atomic mass is 19.4. The first-order chi connectivity index (χ1) is 14.4. The molecule has 0 saturated heterocycles. The Kier molecular flexibility index (Phi) is 6.21. The Balaban J connectivity index is 1.90. The lowest BCUT2D eigenvalue weighted by molar-refractivity contribution is -0.213. The fourth-order valence-electron chi connectivity index (χ4n) is 3.94. The van der Waals surface area contributed by atoms with E-state index in [4.69, 9.17) is 9.47 Å². The summed E-state index contributed by atoms with van der Waals surface area (Å²) in [5.41, 5.74) is -0.325. The van der Waals surface area contributed by atoms with Gasteiger partial charge in [-0.15, -0.1) is 0 Å². The minimum absolute atomic E-state index is 0.0583. The van der Waals surface area contributed by atoms with Gasteiger partial charge in [0.2, 0.25) is 0 Å². The molecule has 2 aromatic rings. The molecule has 168 valence electrons. The van der Waals surface area contributed by atoms with Crippen molar-refractivity contribution in [3.05, 3.63) is 70.3 Å². The molecule has 0 bridgehead atoms. The van der Waals surface area contributed by atoms with Gasteiger partial charge in [-0.25, -0.2) is 0 Å². The fraction of sp³-hybridized carbons (Fsp3) is 0.409. The number of hydrogen-bond acceptors (Lipinski definition) is 3. The van der Waals surface area contributed by atoms with Crippen molar-refractivity contribution >= 4 is 5.78 Å². The van der Waals surface area contributed by atoms with Gasteiger partial charge >= 0.3 is 12.4 Å². The van der Waals surface area contributed by atoms with Crippen molar-refractivity contribution in [1.29, 1.82) is 0 Å². The van der Waals surface area contributed by atoms with E-state index in [2.05, 4.69) is 0 Å². The van der Waals surface area contributed by atoms with Crippen LogP contribution in [0.1, 0.15) is 51.4 Å². The number of Topliss-reactive ketones (excluding diaryl/α,β-unsaturated/α-hetero) is 1. The number of carbonyl (C=O) groups excluding carboxylic acids is 1. The van der Waals surface area contributed by atoms with Crippen LogP contribution in [0.5, 0.6) is 0 Å². The van der Waals surface area contributed by atoms with Gasteiger partial charge in [0.25, 0.3) is 0 Å². The standard InChI is InChI=1S/C22H20F6O3/c1-30-20(31-2)9-8-14-10-15(6-7-17(14)20)19(29)12-18(22(26,27)28)13-4-3-5-16(11-13)21(23,24)25/h3-7,10-11,18H,8-9,12H2,1-2H3/t18-/m0/s1. The molecule has 0 N–H and O–H groups in total. The van der Waals surface area contributed by atoms with Crippen molar-refractivity contribution in [2.45, 2.75) is 43.3 Å². The Bertz CT molecular complexity index is 960. The van der Waals surface area contributed by atoms with E-state index < -0.39 is 47.4 Å². The summed E-state index contributed by atoms with van der Waals surface area (Å²) in [4.78, 5) is 12.7. The molecule has 2 aromatic carbocycles. The Hall–Kier alpha value is -2.39. The molecule has 0 fully saturated rings. The number of fused-ring (bicyclic) bond motifs is 1. The number of ketones is 1. The zero-order chi connectivity index (χ0) is 23.0. The molecule has 3 nitrogen and oxygen atoms in total. The Morgan fingerprint density at radius 3 is 2.29 bits per heavy atom. The van der Waals surface area contributed by atoms with Gasteiger partial charge in [0.05, 0.1) is 11.5 Å². The van der Waals surface area contributed by atoms with Crippen LogP contribution in [-0.4, -0.2) is 26.2 Å². The quantitative estimate of drug-likeness (QED) is 0.310. The van der Waals surface area contributed by atoms with E-state index in [-0.39, 0.29) is 5.56 Å². The van der Waals surface area contributed by atoms with Gasteiger partial charge in [-0.2, -0.15) is 26.3 Å². The Labute approximate surface area is 175 Å². The third kappa shape index (κ3) is 4.62. The van der Waals surface area contributed by atoms with Crippen LogP contribution in [0.3, 0.4) is 0 Å². The lowest BCUT2D eigenvalue weighted by Crippen LogP contribution is -2.27. The number of rotatable bonds is 6. The van der Waals surface area contributed by atoms with Gasteiger partial charge in [-0.1, -0.05) is 30.3 Å². The normalized spacial score (nSPS) is 16.8.